The smallest absolute Gasteiger partial charge is 0.220 e. The van der Waals surface area contributed by atoms with Crippen LogP contribution in [0.2, 0.25) is 0 Å². The molecule has 0 unspecified atom stereocenters. The molecule has 0 fully saturated rings. The number of halogens is 1. The van der Waals surface area contributed by atoms with Gasteiger partial charge in [0.2, 0.25) is 5.91 Å². The zero-order valence-corrected chi connectivity index (χ0v) is 17.7. The minimum atomic E-state index is -0.227. The van der Waals surface area contributed by atoms with Crippen LogP contribution in [0, 0.1) is 5.82 Å². The summed E-state index contributed by atoms with van der Waals surface area (Å²) in [6, 6.07) is 25.1. The first-order valence-corrected chi connectivity index (χ1v) is 10.7. The fourth-order valence-corrected chi connectivity index (χ4v) is 3.94. The number of hydrogen-bond acceptors (Lipinski definition) is 1. The number of carbonyl (C=O) groups is 1. The highest BCUT2D eigenvalue weighted by molar-refractivity contribution is 5.85. The number of aromatic nitrogens is 1. The first-order chi connectivity index (χ1) is 15.1. The minimum Gasteiger partial charge on any atom is -0.355 e. The highest BCUT2D eigenvalue weighted by Crippen LogP contribution is 2.24. The van der Waals surface area contributed by atoms with Crippen LogP contribution < -0.4 is 5.32 Å². The number of hydrogen-bond donors (Lipinski definition) is 1. The zero-order chi connectivity index (χ0) is 21.6. The molecule has 0 spiro atoms. The Morgan fingerprint density at radius 3 is 2.45 bits per heavy atom. The fraction of sp³-hybridized carbons (Fsp3) is 0.222. The normalized spacial score (nSPS) is 12.1. The van der Waals surface area contributed by atoms with E-state index in [-0.39, 0.29) is 17.6 Å². The van der Waals surface area contributed by atoms with Crippen molar-refractivity contribution in [2.75, 3.05) is 6.54 Å². The van der Waals surface area contributed by atoms with Crippen molar-refractivity contribution in [1.29, 1.82) is 0 Å². The van der Waals surface area contributed by atoms with E-state index >= 15 is 0 Å². The van der Waals surface area contributed by atoms with Crippen LogP contribution in [0.5, 0.6) is 0 Å². The lowest BCUT2D eigenvalue weighted by atomic mass is 10.0. The highest BCUT2D eigenvalue weighted by Gasteiger charge is 2.12. The van der Waals surface area contributed by atoms with Crippen molar-refractivity contribution in [2.45, 2.75) is 32.2 Å². The fourth-order valence-electron chi connectivity index (χ4n) is 3.94. The maximum atomic E-state index is 13.2. The van der Waals surface area contributed by atoms with E-state index in [4.69, 9.17) is 0 Å². The third-order valence-corrected chi connectivity index (χ3v) is 5.73. The number of rotatable bonds is 8. The van der Waals surface area contributed by atoms with E-state index in [1.165, 1.54) is 17.7 Å². The van der Waals surface area contributed by atoms with Crippen LogP contribution in [0.1, 0.15) is 36.0 Å². The predicted octanol–water partition coefficient (Wildman–Crippen LogP) is 5.68. The molecule has 4 heteroatoms. The van der Waals surface area contributed by atoms with Gasteiger partial charge in [-0.2, -0.15) is 0 Å². The molecule has 0 saturated carbocycles. The average molecular weight is 415 g/mol. The number of amides is 1. The summed E-state index contributed by atoms with van der Waals surface area (Å²) >= 11 is 0. The summed E-state index contributed by atoms with van der Waals surface area (Å²) in [7, 11) is 0. The molecule has 158 valence electrons. The van der Waals surface area contributed by atoms with Crippen molar-refractivity contribution in [3.63, 3.8) is 0 Å². The minimum absolute atomic E-state index is 0.0677. The first-order valence-electron chi connectivity index (χ1n) is 10.7. The van der Waals surface area contributed by atoms with Crippen LogP contribution in [0.25, 0.3) is 10.9 Å². The molecule has 1 heterocycles. The van der Waals surface area contributed by atoms with Gasteiger partial charge in [-0.15, -0.1) is 0 Å². The van der Waals surface area contributed by atoms with Crippen molar-refractivity contribution in [1.82, 2.24) is 9.88 Å². The van der Waals surface area contributed by atoms with E-state index in [1.807, 2.05) is 42.5 Å². The van der Waals surface area contributed by atoms with E-state index in [1.54, 1.807) is 0 Å². The molecule has 1 aromatic heterocycles. The molecule has 0 radical (unpaired) electrons. The summed E-state index contributed by atoms with van der Waals surface area (Å²) < 4.78 is 15.4. The van der Waals surface area contributed by atoms with Gasteiger partial charge in [0, 0.05) is 36.6 Å². The van der Waals surface area contributed by atoms with Crippen LogP contribution in [-0.4, -0.2) is 17.0 Å². The summed E-state index contributed by atoms with van der Waals surface area (Å²) in [5, 5.41) is 4.23. The monoisotopic (exact) mass is 414 g/mol. The number of fused-ring (bicyclic) bond motifs is 1. The summed E-state index contributed by atoms with van der Waals surface area (Å²) in [6.07, 6.45) is 3.25. The van der Waals surface area contributed by atoms with Gasteiger partial charge in [0.05, 0.1) is 0 Å². The van der Waals surface area contributed by atoms with E-state index in [2.05, 4.69) is 47.3 Å². The Morgan fingerprint density at radius 2 is 1.68 bits per heavy atom. The molecule has 4 aromatic rings. The van der Waals surface area contributed by atoms with Crippen LogP contribution in [-0.2, 0) is 17.8 Å². The molecular weight excluding hydrogens is 387 g/mol. The molecule has 0 aliphatic rings. The summed E-state index contributed by atoms with van der Waals surface area (Å²) in [6.45, 7) is 3.43. The maximum Gasteiger partial charge on any atom is 0.220 e. The maximum absolute atomic E-state index is 13.2. The second kappa shape index (κ2) is 9.61. The summed E-state index contributed by atoms with van der Waals surface area (Å²) in [4.78, 5) is 12.5. The predicted molar refractivity (Wildman–Crippen MR) is 124 cm³/mol. The molecule has 4 rings (SSSR count). The Kier molecular flexibility index (Phi) is 6.46. The van der Waals surface area contributed by atoms with Crippen LogP contribution >= 0.6 is 0 Å². The third-order valence-electron chi connectivity index (χ3n) is 5.73. The Bertz CT molecular complexity index is 1150. The molecule has 1 atom stereocenters. The second-order valence-electron chi connectivity index (χ2n) is 8.04. The number of para-hydroxylation sites is 1. The van der Waals surface area contributed by atoms with Crippen molar-refractivity contribution in [3.8, 4) is 0 Å². The van der Waals surface area contributed by atoms with E-state index in [0.717, 1.165) is 22.0 Å². The lowest BCUT2D eigenvalue weighted by Gasteiger charge is -2.13. The van der Waals surface area contributed by atoms with Gasteiger partial charge in [0.1, 0.15) is 5.82 Å². The number of carbonyl (C=O) groups excluding carboxylic acids is 1. The third kappa shape index (κ3) is 5.21. The van der Waals surface area contributed by atoms with Gasteiger partial charge < -0.3 is 9.88 Å². The molecule has 0 aliphatic heterocycles. The number of nitrogens with one attached hydrogen (secondary N) is 1. The van der Waals surface area contributed by atoms with Gasteiger partial charge in [0.15, 0.2) is 0 Å². The summed E-state index contributed by atoms with van der Waals surface area (Å²) in [5.41, 5.74) is 4.55. The van der Waals surface area contributed by atoms with E-state index < -0.39 is 0 Å². The Morgan fingerprint density at radius 1 is 0.968 bits per heavy atom. The summed E-state index contributed by atoms with van der Waals surface area (Å²) in [5.74, 6) is 0.121. The van der Waals surface area contributed by atoms with Gasteiger partial charge in [-0.3, -0.25) is 4.79 Å². The second-order valence-corrected chi connectivity index (χ2v) is 8.04. The molecule has 1 amide bonds. The molecule has 0 saturated heterocycles. The Balaban J connectivity index is 1.40. The van der Waals surface area contributed by atoms with Crippen molar-refractivity contribution >= 4 is 16.8 Å². The number of benzene rings is 3. The van der Waals surface area contributed by atoms with Crippen LogP contribution in [0.3, 0.4) is 0 Å². The molecule has 0 bridgehead atoms. The lowest BCUT2D eigenvalue weighted by Crippen LogP contribution is -2.27. The van der Waals surface area contributed by atoms with E-state index in [0.29, 0.717) is 25.9 Å². The van der Waals surface area contributed by atoms with Gasteiger partial charge in [0.25, 0.3) is 0 Å². The quantitative estimate of drug-likeness (QED) is 0.395. The van der Waals surface area contributed by atoms with Crippen LogP contribution in [0.4, 0.5) is 4.39 Å². The zero-order valence-electron chi connectivity index (χ0n) is 17.7. The molecular formula is C27H27FN2O. The van der Waals surface area contributed by atoms with Gasteiger partial charge >= 0.3 is 0 Å². The molecule has 3 nitrogen and oxygen atoms in total. The highest BCUT2D eigenvalue weighted by atomic mass is 19.1. The average Bonchev–Trinajstić information content (AvgIpc) is 3.15. The van der Waals surface area contributed by atoms with Crippen molar-refractivity contribution < 1.29 is 9.18 Å². The van der Waals surface area contributed by atoms with Gasteiger partial charge in [-0.05, 0) is 47.2 Å². The number of aryl methyl sites for hydroxylation is 1. The van der Waals surface area contributed by atoms with Crippen molar-refractivity contribution in [3.05, 3.63) is 108 Å². The van der Waals surface area contributed by atoms with Crippen molar-refractivity contribution in [2.24, 2.45) is 0 Å². The van der Waals surface area contributed by atoms with Crippen LogP contribution in [0.15, 0.2) is 85.1 Å². The number of nitrogens with zero attached hydrogens (tertiary/aromatic N) is 1. The van der Waals surface area contributed by atoms with E-state index in [9.17, 15) is 9.18 Å². The van der Waals surface area contributed by atoms with Gasteiger partial charge in [-0.1, -0.05) is 67.6 Å². The van der Waals surface area contributed by atoms with Gasteiger partial charge in [-0.25, -0.2) is 4.39 Å². The molecule has 0 aliphatic carbocycles. The molecule has 31 heavy (non-hydrogen) atoms. The Hall–Kier alpha value is -3.40. The topological polar surface area (TPSA) is 34.0 Å². The molecule has 3 aromatic carbocycles. The molecule has 1 N–H and O–H groups in total. The first kappa shape index (κ1) is 20.9. The Labute approximate surface area is 182 Å². The standard InChI is InChI=1S/C27H27FN2O/c1-20(22-7-3-2-4-8-22)17-29-27(31)16-13-23-19-30(26-10-6-5-9-25(23)26)18-21-11-14-24(28)15-12-21/h2-12,14-15,19-20H,13,16-18H2,1H3,(H,29,31)/t20-/m0/s1. The lowest BCUT2D eigenvalue weighted by molar-refractivity contribution is -0.121. The SMILES string of the molecule is C[C@@H](CNC(=O)CCc1cn(Cc2ccc(F)cc2)c2ccccc12)c1ccccc1. The largest absolute Gasteiger partial charge is 0.355 e.